The molecule has 0 aliphatic carbocycles. The van der Waals surface area contributed by atoms with E-state index in [-0.39, 0.29) is 30.3 Å². The third-order valence-corrected chi connectivity index (χ3v) is 7.00. The minimum atomic E-state index is -0.644. The lowest BCUT2D eigenvalue weighted by Gasteiger charge is -2.17. The van der Waals surface area contributed by atoms with Crippen molar-refractivity contribution < 1.29 is 9.59 Å². The maximum absolute atomic E-state index is 12.8. The van der Waals surface area contributed by atoms with Crippen LogP contribution in [0.25, 0.3) is 21.8 Å². The first-order chi connectivity index (χ1) is 17.0. The second-order valence-corrected chi connectivity index (χ2v) is 9.64. The van der Waals surface area contributed by atoms with Crippen LogP contribution in [0.1, 0.15) is 24.5 Å². The van der Waals surface area contributed by atoms with E-state index in [1.165, 1.54) is 16.3 Å². The number of carbonyl (C=O) groups is 2. The highest BCUT2D eigenvalue weighted by Gasteiger charge is 2.31. The Hall–Kier alpha value is -3.13. The van der Waals surface area contributed by atoms with Gasteiger partial charge in [0.05, 0.1) is 11.1 Å². The molecule has 1 saturated heterocycles. The van der Waals surface area contributed by atoms with Gasteiger partial charge in [-0.05, 0) is 60.2 Å². The fourth-order valence-electron chi connectivity index (χ4n) is 4.78. The maximum atomic E-state index is 12.8. The van der Waals surface area contributed by atoms with Crippen LogP contribution < -0.4 is 16.0 Å². The average Bonchev–Trinajstić information content (AvgIpc) is 3.49. The molecule has 9 heteroatoms. The van der Waals surface area contributed by atoms with Gasteiger partial charge in [0.1, 0.15) is 11.7 Å². The summed E-state index contributed by atoms with van der Waals surface area (Å²) in [5.74, 6) is -0.0254. The van der Waals surface area contributed by atoms with Crippen LogP contribution in [0.3, 0.4) is 0 Å². The molecule has 3 heterocycles. The molecular weight excluding hydrogens is 497 g/mol. The lowest BCUT2D eigenvalue weighted by molar-refractivity contribution is -0.129. The third kappa shape index (κ3) is 5.64. The Morgan fingerprint density at radius 3 is 2.83 bits per heavy atom. The van der Waals surface area contributed by atoms with Gasteiger partial charge in [-0.3, -0.25) is 9.59 Å². The monoisotopic (exact) mass is 525 g/mol. The van der Waals surface area contributed by atoms with Gasteiger partial charge in [0.2, 0.25) is 11.8 Å². The minimum absolute atomic E-state index is 0. The molecule has 4 N–H and O–H groups in total. The van der Waals surface area contributed by atoms with Gasteiger partial charge in [-0.2, -0.15) is 0 Å². The Morgan fingerprint density at radius 2 is 1.97 bits per heavy atom. The molecule has 0 radical (unpaired) electrons. The van der Waals surface area contributed by atoms with E-state index in [1.54, 1.807) is 19.3 Å². The summed E-state index contributed by atoms with van der Waals surface area (Å²) in [6.45, 7) is 2.78. The van der Waals surface area contributed by atoms with E-state index in [0.29, 0.717) is 23.1 Å². The van der Waals surface area contributed by atoms with Crippen LogP contribution in [0.4, 0.5) is 0 Å². The second kappa shape index (κ2) is 11.3. The third-order valence-electron chi connectivity index (χ3n) is 6.68. The van der Waals surface area contributed by atoms with Crippen LogP contribution in [0, 0.1) is 5.92 Å². The highest BCUT2D eigenvalue weighted by atomic mass is 35.5. The molecule has 1 aliphatic rings. The predicted molar refractivity (Wildman–Crippen MR) is 145 cm³/mol. The summed E-state index contributed by atoms with van der Waals surface area (Å²) in [5, 5.41) is 12.9. The molecule has 5 rings (SSSR count). The van der Waals surface area contributed by atoms with Crippen LogP contribution in [0.2, 0.25) is 5.02 Å². The van der Waals surface area contributed by atoms with E-state index < -0.39 is 6.04 Å². The molecule has 0 unspecified atom stereocenters. The van der Waals surface area contributed by atoms with Crippen LogP contribution >= 0.6 is 24.0 Å². The maximum Gasteiger partial charge on any atom is 0.242 e. The molecule has 0 saturated carbocycles. The number of aromatic amines is 1. The van der Waals surface area contributed by atoms with Gasteiger partial charge in [-0.1, -0.05) is 54.1 Å². The van der Waals surface area contributed by atoms with Gasteiger partial charge >= 0.3 is 0 Å². The molecule has 0 bridgehead atoms. The van der Waals surface area contributed by atoms with Crippen molar-refractivity contribution in [2.45, 2.75) is 38.4 Å². The average molecular weight is 526 g/mol. The van der Waals surface area contributed by atoms with E-state index in [2.05, 4.69) is 62.3 Å². The molecule has 0 spiro atoms. The van der Waals surface area contributed by atoms with Crippen LogP contribution in [-0.4, -0.2) is 40.4 Å². The number of benzene rings is 2. The van der Waals surface area contributed by atoms with Gasteiger partial charge < -0.3 is 20.9 Å². The summed E-state index contributed by atoms with van der Waals surface area (Å²) in [7, 11) is 0. The van der Waals surface area contributed by atoms with Gasteiger partial charge in [0, 0.05) is 24.3 Å². The summed E-state index contributed by atoms with van der Waals surface area (Å²) < 4.78 is 0. The number of amides is 2. The number of H-pyrrole nitrogens is 1. The standard InChI is InChI=1S/C27H28ClN5O2.ClH/c1-16(26(34)32-14-18-10-22-23(28)15-31-25(22)30-13-18)33-27(35)24-11-17(12-29-24)9-20-7-4-6-19-5-2-3-8-21(19)20;/h2-8,10,13,15-17,24,29H,9,11-12,14H2,1H3,(H,30,31)(H,32,34)(H,33,35);1H/t16-,17-,24+;/m0./s1. The molecule has 2 aromatic heterocycles. The van der Waals surface area contributed by atoms with Crippen molar-refractivity contribution >= 4 is 57.6 Å². The normalized spacial score (nSPS) is 18.1. The summed E-state index contributed by atoms with van der Waals surface area (Å²) in [5.41, 5.74) is 2.84. The van der Waals surface area contributed by atoms with E-state index in [4.69, 9.17) is 11.6 Å². The zero-order chi connectivity index (χ0) is 24.4. The smallest absolute Gasteiger partial charge is 0.242 e. The zero-order valence-electron chi connectivity index (χ0n) is 19.9. The van der Waals surface area contributed by atoms with E-state index >= 15 is 0 Å². The van der Waals surface area contributed by atoms with Crippen LogP contribution in [0.15, 0.2) is 60.9 Å². The van der Waals surface area contributed by atoms with E-state index in [9.17, 15) is 9.59 Å². The number of aromatic nitrogens is 2. The lowest BCUT2D eigenvalue weighted by atomic mass is 9.93. The van der Waals surface area contributed by atoms with Crippen molar-refractivity contribution in [2.75, 3.05) is 6.54 Å². The van der Waals surface area contributed by atoms with Crippen molar-refractivity contribution in [2.24, 2.45) is 5.92 Å². The summed E-state index contributed by atoms with van der Waals surface area (Å²) in [6, 6.07) is 15.7. The first kappa shape index (κ1) is 25.9. The number of fused-ring (bicyclic) bond motifs is 2. The van der Waals surface area contributed by atoms with Gasteiger partial charge in [-0.15, -0.1) is 12.4 Å². The van der Waals surface area contributed by atoms with E-state index in [0.717, 1.165) is 30.3 Å². The van der Waals surface area contributed by atoms with E-state index in [1.807, 2.05) is 12.1 Å². The number of halogens is 2. The molecule has 7 nitrogen and oxygen atoms in total. The summed E-state index contributed by atoms with van der Waals surface area (Å²) in [6.07, 6.45) is 5.03. The first-order valence-corrected chi connectivity index (χ1v) is 12.3. The number of rotatable bonds is 7. The van der Waals surface area contributed by atoms with Crippen molar-refractivity contribution in [1.29, 1.82) is 0 Å². The Labute approximate surface area is 220 Å². The molecule has 188 valence electrons. The fraction of sp³-hybridized carbons (Fsp3) is 0.296. The molecule has 36 heavy (non-hydrogen) atoms. The Bertz CT molecular complexity index is 1380. The van der Waals surface area contributed by atoms with Gasteiger partial charge in [-0.25, -0.2) is 4.98 Å². The van der Waals surface area contributed by atoms with Gasteiger partial charge in [0.15, 0.2) is 0 Å². The Morgan fingerprint density at radius 1 is 1.17 bits per heavy atom. The Kier molecular flexibility index (Phi) is 8.14. The predicted octanol–water partition coefficient (Wildman–Crippen LogP) is 4.13. The number of nitrogens with zero attached hydrogens (tertiary/aromatic N) is 1. The molecule has 4 aromatic rings. The highest BCUT2D eigenvalue weighted by molar-refractivity contribution is 6.35. The highest BCUT2D eigenvalue weighted by Crippen LogP contribution is 2.25. The van der Waals surface area contributed by atoms with Crippen molar-refractivity contribution in [3.8, 4) is 0 Å². The fourth-order valence-corrected chi connectivity index (χ4v) is 4.98. The largest absolute Gasteiger partial charge is 0.350 e. The number of hydrogen-bond donors (Lipinski definition) is 4. The van der Waals surface area contributed by atoms with Crippen LogP contribution in [-0.2, 0) is 22.6 Å². The zero-order valence-corrected chi connectivity index (χ0v) is 21.5. The number of pyridine rings is 1. The summed E-state index contributed by atoms with van der Waals surface area (Å²) >= 11 is 6.15. The molecule has 1 aliphatic heterocycles. The molecule has 1 fully saturated rings. The van der Waals surface area contributed by atoms with Crippen molar-refractivity contribution in [3.05, 3.63) is 77.1 Å². The number of nitrogens with one attached hydrogen (secondary N) is 4. The SMILES string of the molecule is C[C@H](NC(=O)[C@H]1C[C@H](Cc2cccc3ccccc23)CN1)C(=O)NCc1cnc2[nH]cc(Cl)c2c1.Cl. The van der Waals surface area contributed by atoms with Crippen LogP contribution in [0.5, 0.6) is 0 Å². The first-order valence-electron chi connectivity index (χ1n) is 11.9. The molecular formula is C27H29Cl2N5O2. The number of carbonyl (C=O) groups excluding carboxylic acids is 2. The quantitative estimate of drug-likeness (QED) is 0.291. The van der Waals surface area contributed by atoms with Gasteiger partial charge in [0.25, 0.3) is 0 Å². The minimum Gasteiger partial charge on any atom is -0.350 e. The number of hydrogen-bond acceptors (Lipinski definition) is 4. The summed E-state index contributed by atoms with van der Waals surface area (Å²) in [4.78, 5) is 32.7. The second-order valence-electron chi connectivity index (χ2n) is 9.23. The van der Waals surface area contributed by atoms with Crippen molar-refractivity contribution in [1.82, 2.24) is 25.9 Å². The topological polar surface area (TPSA) is 98.9 Å². The Balaban J connectivity index is 0.00000304. The van der Waals surface area contributed by atoms with Crippen molar-refractivity contribution in [3.63, 3.8) is 0 Å². The molecule has 3 atom stereocenters. The molecule has 2 aromatic carbocycles. The lowest BCUT2D eigenvalue weighted by Crippen LogP contribution is -2.49. The molecule has 2 amide bonds.